The normalized spacial score (nSPS) is 15.4. The van der Waals surface area contributed by atoms with Crippen molar-refractivity contribution < 1.29 is 19.4 Å². The molecule has 0 aliphatic heterocycles. The molecule has 1 aromatic rings. The Labute approximate surface area is 110 Å². The molecule has 0 bridgehead atoms. The van der Waals surface area contributed by atoms with Crippen LogP contribution in [0.15, 0.2) is 36.9 Å². The number of amides is 1. The number of benzene rings is 1. The minimum Gasteiger partial charge on any atom is -0.478 e. The van der Waals surface area contributed by atoms with Gasteiger partial charge in [-0.3, -0.25) is 0 Å². The van der Waals surface area contributed by atoms with Crippen LogP contribution in [0.25, 0.3) is 0 Å². The highest BCUT2D eigenvalue weighted by Gasteiger charge is 2.48. The van der Waals surface area contributed by atoms with Gasteiger partial charge in [-0.1, -0.05) is 30.9 Å². The molecular weight excluding hydrogens is 246 g/mol. The van der Waals surface area contributed by atoms with Crippen molar-refractivity contribution in [3.8, 4) is 0 Å². The van der Waals surface area contributed by atoms with Crippen LogP contribution in [0.3, 0.4) is 0 Å². The molecule has 0 saturated heterocycles. The number of nitrogens with one attached hydrogen (secondary N) is 1. The Kier molecular flexibility index (Phi) is 3.55. The summed E-state index contributed by atoms with van der Waals surface area (Å²) in [6.07, 6.45) is 2.34. The summed E-state index contributed by atoms with van der Waals surface area (Å²) >= 11 is 0. The third-order valence-corrected chi connectivity index (χ3v) is 3.10. The van der Waals surface area contributed by atoms with Crippen LogP contribution in [0, 0.1) is 0 Å². The molecule has 1 saturated carbocycles. The van der Waals surface area contributed by atoms with Crippen LogP contribution in [0.1, 0.15) is 28.8 Å². The maximum absolute atomic E-state index is 11.6. The lowest BCUT2D eigenvalue weighted by atomic mass is 9.98. The minimum absolute atomic E-state index is 0.127. The number of rotatable bonds is 5. The summed E-state index contributed by atoms with van der Waals surface area (Å²) in [7, 11) is 0. The van der Waals surface area contributed by atoms with Gasteiger partial charge in [0, 0.05) is 0 Å². The zero-order valence-electron chi connectivity index (χ0n) is 10.4. The zero-order valence-corrected chi connectivity index (χ0v) is 10.4. The topological polar surface area (TPSA) is 75.6 Å². The van der Waals surface area contributed by atoms with E-state index in [9.17, 15) is 14.7 Å². The molecule has 1 amide bonds. The Balaban J connectivity index is 2.19. The lowest BCUT2D eigenvalue weighted by Gasteiger charge is -2.19. The summed E-state index contributed by atoms with van der Waals surface area (Å²) in [6, 6.07) is 6.69. The van der Waals surface area contributed by atoms with Crippen molar-refractivity contribution in [3.63, 3.8) is 0 Å². The van der Waals surface area contributed by atoms with E-state index in [1.807, 2.05) is 0 Å². The SMILES string of the molecule is C=CCOC(=O)NC1(c2ccccc2C(=O)O)CC1. The number of carboxylic acids is 1. The molecule has 1 aromatic carbocycles. The molecule has 2 rings (SSSR count). The summed E-state index contributed by atoms with van der Waals surface area (Å²) in [6.45, 7) is 3.58. The van der Waals surface area contributed by atoms with E-state index in [0.717, 1.165) is 0 Å². The summed E-state index contributed by atoms with van der Waals surface area (Å²) in [5, 5.41) is 11.9. The number of hydrogen-bond donors (Lipinski definition) is 2. The highest BCUT2D eigenvalue weighted by Crippen LogP contribution is 2.46. The van der Waals surface area contributed by atoms with E-state index in [4.69, 9.17) is 4.74 Å². The van der Waals surface area contributed by atoms with Crippen LogP contribution in [0.4, 0.5) is 4.79 Å². The van der Waals surface area contributed by atoms with Crippen molar-refractivity contribution in [1.82, 2.24) is 5.32 Å². The second-order valence-corrected chi connectivity index (χ2v) is 4.44. The number of carbonyl (C=O) groups is 2. The summed E-state index contributed by atoms with van der Waals surface area (Å²) in [4.78, 5) is 22.8. The fraction of sp³-hybridized carbons (Fsp3) is 0.286. The van der Waals surface area contributed by atoms with Crippen molar-refractivity contribution in [3.05, 3.63) is 48.0 Å². The highest BCUT2D eigenvalue weighted by molar-refractivity contribution is 5.90. The van der Waals surface area contributed by atoms with Crippen LogP contribution in [0.2, 0.25) is 0 Å². The summed E-state index contributed by atoms with van der Waals surface area (Å²) in [5.41, 5.74) is 0.231. The van der Waals surface area contributed by atoms with Crippen LogP contribution < -0.4 is 5.32 Å². The average Bonchev–Trinajstić information content (AvgIpc) is 3.17. The predicted octanol–water partition coefficient (Wildman–Crippen LogP) is 2.29. The molecule has 0 atom stereocenters. The van der Waals surface area contributed by atoms with Gasteiger partial charge in [-0.25, -0.2) is 9.59 Å². The fourth-order valence-corrected chi connectivity index (χ4v) is 2.04. The van der Waals surface area contributed by atoms with Crippen molar-refractivity contribution in [2.45, 2.75) is 18.4 Å². The van der Waals surface area contributed by atoms with E-state index in [2.05, 4.69) is 11.9 Å². The first-order valence-electron chi connectivity index (χ1n) is 5.98. The van der Waals surface area contributed by atoms with Crippen LogP contribution in [-0.4, -0.2) is 23.8 Å². The Morgan fingerprint density at radius 1 is 1.42 bits per heavy atom. The standard InChI is InChI=1S/C14H15NO4/c1-2-9-19-13(18)15-14(7-8-14)11-6-4-3-5-10(11)12(16)17/h2-6H,1,7-9H2,(H,15,18)(H,16,17). The molecule has 5 nitrogen and oxygen atoms in total. The monoisotopic (exact) mass is 261 g/mol. The predicted molar refractivity (Wildman–Crippen MR) is 69.0 cm³/mol. The zero-order chi connectivity index (χ0) is 13.9. The van der Waals surface area contributed by atoms with Gasteiger partial charge in [0.25, 0.3) is 0 Å². The van der Waals surface area contributed by atoms with E-state index >= 15 is 0 Å². The molecule has 0 spiro atoms. The maximum atomic E-state index is 11.6. The van der Waals surface area contributed by atoms with Gasteiger partial charge in [0.05, 0.1) is 11.1 Å². The Bertz CT molecular complexity index is 520. The van der Waals surface area contributed by atoms with Crippen molar-refractivity contribution in [1.29, 1.82) is 0 Å². The smallest absolute Gasteiger partial charge is 0.408 e. The van der Waals surface area contributed by atoms with Crippen LogP contribution >= 0.6 is 0 Å². The minimum atomic E-state index is -0.997. The van der Waals surface area contributed by atoms with Crippen LogP contribution in [0.5, 0.6) is 0 Å². The van der Waals surface area contributed by atoms with Gasteiger partial charge < -0.3 is 15.2 Å². The molecule has 1 aliphatic rings. The molecule has 19 heavy (non-hydrogen) atoms. The Morgan fingerprint density at radius 2 is 2.11 bits per heavy atom. The lowest BCUT2D eigenvalue weighted by Crippen LogP contribution is -2.36. The number of aromatic carboxylic acids is 1. The van der Waals surface area contributed by atoms with Gasteiger partial charge in [-0.05, 0) is 24.5 Å². The van der Waals surface area contributed by atoms with Gasteiger partial charge in [-0.15, -0.1) is 0 Å². The number of hydrogen-bond acceptors (Lipinski definition) is 3. The van der Waals surface area contributed by atoms with E-state index in [1.54, 1.807) is 18.2 Å². The first-order chi connectivity index (χ1) is 9.09. The first kappa shape index (κ1) is 13.1. The Hall–Kier alpha value is -2.30. The van der Waals surface area contributed by atoms with Crippen molar-refractivity contribution >= 4 is 12.1 Å². The van der Waals surface area contributed by atoms with Gasteiger partial charge in [0.1, 0.15) is 6.61 Å². The number of ether oxygens (including phenoxy) is 1. The number of carbonyl (C=O) groups excluding carboxylic acids is 1. The second kappa shape index (κ2) is 5.14. The molecule has 0 aromatic heterocycles. The fourth-order valence-electron chi connectivity index (χ4n) is 2.04. The molecule has 1 aliphatic carbocycles. The summed E-state index contributed by atoms with van der Waals surface area (Å²) < 4.78 is 4.87. The first-order valence-corrected chi connectivity index (χ1v) is 5.98. The van der Waals surface area contributed by atoms with E-state index < -0.39 is 17.6 Å². The molecular formula is C14H15NO4. The molecule has 2 N–H and O–H groups in total. The molecule has 0 heterocycles. The van der Waals surface area contributed by atoms with Crippen molar-refractivity contribution in [2.24, 2.45) is 0 Å². The second-order valence-electron chi connectivity index (χ2n) is 4.44. The van der Waals surface area contributed by atoms with Crippen molar-refractivity contribution in [2.75, 3.05) is 6.61 Å². The quantitative estimate of drug-likeness (QED) is 0.797. The molecule has 5 heteroatoms. The molecule has 0 radical (unpaired) electrons. The summed E-state index contributed by atoms with van der Waals surface area (Å²) in [5.74, 6) is -0.997. The van der Waals surface area contributed by atoms with Gasteiger partial charge in [0.15, 0.2) is 0 Å². The highest BCUT2D eigenvalue weighted by atomic mass is 16.5. The molecule has 0 unspecified atom stereocenters. The van der Waals surface area contributed by atoms with Crippen LogP contribution in [-0.2, 0) is 10.3 Å². The van der Waals surface area contributed by atoms with E-state index in [1.165, 1.54) is 12.1 Å². The number of alkyl carbamates (subject to hydrolysis) is 1. The Morgan fingerprint density at radius 3 is 2.68 bits per heavy atom. The third kappa shape index (κ3) is 2.76. The average molecular weight is 261 g/mol. The molecule has 1 fully saturated rings. The molecule has 100 valence electrons. The largest absolute Gasteiger partial charge is 0.478 e. The van der Waals surface area contributed by atoms with E-state index in [0.29, 0.717) is 18.4 Å². The van der Waals surface area contributed by atoms with E-state index in [-0.39, 0.29) is 12.2 Å². The van der Waals surface area contributed by atoms with Gasteiger partial charge in [-0.2, -0.15) is 0 Å². The lowest BCUT2D eigenvalue weighted by molar-refractivity contribution is 0.0693. The van der Waals surface area contributed by atoms with Gasteiger partial charge in [0.2, 0.25) is 0 Å². The van der Waals surface area contributed by atoms with Gasteiger partial charge >= 0.3 is 12.1 Å². The maximum Gasteiger partial charge on any atom is 0.408 e. The third-order valence-electron chi connectivity index (χ3n) is 3.10. The number of carboxylic acid groups (broad SMARTS) is 1.